The minimum absolute atomic E-state index is 0.00919. The lowest BCUT2D eigenvalue weighted by atomic mass is 9.97. The summed E-state index contributed by atoms with van der Waals surface area (Å²) in [5.74, 6) is -1.34. The van der Waals surface area contributed by atoms with Crippen LogP contribution in [0, 0.1) is 5.41 Å². The second-order valence-electron chi connectivity index (χ2n) is 7.63. The van der Waals surface area contributed by atoms with Crippen molar-refractivity contribution in [1.82, 2.24) is 19.5 Å². The number of aromatic hydroxyl groups is 1. The molecule has 0 radical (unpaired) electrons. The van der Waals surface area contributed by atoms with Crippen molar-refractivity contribution < 1.29 is 19.8 Å². The van der Waals surface area contributed by atoms with Gasteiger partial charge in [0.05, 0.1) is 0 Å². The average molecular weight is 363 g/mol. The van der Waals surface area contributed by atoms with Crippen molar-refractivity contribution in [3.63, 3.8) is 0 Å². The highest BCUT2D eigenvalue weighted by molar-refractivity contribution is 5.96. The molecule has 0 atom stereocenters. The number of carbonyl (C=O) groups excluding carboxylic acids is 1. The van der Waals surface area contributed by atoms with Crippen molar-refractivity contribution in [2.75, 3.05) is 5.32 Å². The number of carbonyl (C=O) groups is 2. The molecule has 10 nitrogen and oxygen atoms in total. The molecule has 0 spiro atoms. The van der Waals surface area contributed by atoms with Gasteiger partial charge in [0.1, 0.15) is 5.65 Å². The van der Waals surface area contributed by atoms with Crippen molar-refractivity contribution in [2.24, 2.45) is 5.41 Å². The molecule has 2 amide bonds. The summed E-state index contributed by atoms with van der Waals surface area (Å²) in [4.78, 5) is 36.2. The predicted octanol–water partition coefficient (Wildman–Crippen LogP) is 1.23. The number of carboxylic acid groups (broad SMARTS) is 1. The summed E-state index contributed by atoms with van der Waals surface area (Å²) in [7, 11) is 0. The normalized spacial score (nSPS) is 14.4. The van der Waals surface area contributed by atoms with Gasteiger partial charge >= 0.3 is 6.09 Å². The maximum Gasteiger partial charge on any atom is 0.410 e. The molecule has 0 aromatic carbocycles. The Hall–Kier alpha value is -3.04. The van der Waals surface area contributed by atoms with Gasteiger partial charge in [-0.1, -0.05) is 20.8 Å². The van der Waals surface area contributed by atoms with Crippen LogP contribution in [0.5, 0.6) is 5.88 Å². The molecule has 0 saturated heterocycles. The summed E-state index contributed by atoms with van der Waals surface area (Å²) in [5.41, 5.74) is -1.17. The Morgan fingerprint density at radius 2 is 2.00 bits per heavy atom. The maximum atomic E-state index is 12.9. The van der Waals surface area contributed by atoms with Crippen LogP contribution in [0.25, 0.3) is 5.65 Å². The van der Waals surface area contributed by atoms with Crippen LogP contribution in [0.15, 0.2) is 10.9 Å². The van der Waals surface area contributed by atoms with E-state index in [0.29, 0.717) is 0 Å². The van der Waals surface area contributed by atoms with Crippen molar-refractivity contribution in [3.05, 3.63) is 22.0 Å². The third kappa shape index (κ3) is 3.48. The molecule has 2 aromatic rings. The molecule has 0 unspecified atom stereocenters. The molecular weight excluding hydrogens is 342 g/mol. The maximum absolute atomic E-state index is 12.9. The first-order valence-corrected chi connectivity index (χ1v) is 8.23. The monoisotopic (exact) mass is 363 g/mol. The van der Waals surface area contributed by atoms with E-state index in [1.54, 1.807) is 0 Å². The molecule has 0 bridgehead atoms. The van der Waals surface area contributed by atoms with Crippen LogP contribution in [-0.4, -0.2) is 42.4 Å². The highest BCUT2D eigenvalue weighted by Gasteiger charge is 2.30. The number of hydrogen-bond acceptors (Lipinski definition) is 5. The van der Waals surface area contributed by atoms with E-state index in [-0.39, 0.29) is 29.5 Å². The second-order valence-corrected chi connectivity index (χ2v) is 7.63. The minimum atomic E-state index is -1.33. The summed E-state index contributed by atoms with van der Waals surface area (Å²) in [6, 6.07) is 1.35. The first-order valence-electron chi connectivity index (χ1n) is 8.23. The average Bonchev–Trinajstić information content (AvgIpc) is 3.19. The van der Waals surface area contributed by atoms with Gasteiger partial charge in [0.2, 0.25) is 5.88 Å². The van der Waals surface area contributed by atoms with Crippen LogP contribution in [0.3, 0.4) is 0 Å². The van der Waals surface area contributed by atoms with Gasteiger partial charge in [-0.05, 0) is 18.3 Å². The Balaban J connectivity index is 2.21. The zero-order chi connectivity index (χ0) is 19.2. The zero-order valence-electron chi connectivity index (χ0n) is 14.7. The fourth-order valence-corrected chi connectivity index (χ4v) is 2.64. The Labute approximate surface area is 148 Å². The van der Waals surface area contributed by atoms with Gasteiger partial charge in [0.15, 0.2) is 11.4 Å². The Morgan fingerprint density at radius 1 is 1.35 bits per heavy atom. The number of rotatable bonds is 4. The Kier molecular flexibility index (Phi) is 4.13. The van der Waals surface area contributed by atoms with Crippen molar-refractivity contribution in [1.29, 1.82) is 0 Å². The van der Waals surface area contributed by atoms with E-state index in [0.717, 1.165) is 17.4 Å². The van der Waals surface area contributed by atoms with Crippen molar-refractivity contribution >= 4 is 23.5 Å². The minimum Gasteiger partial charge on any atom is -0.492 e. The number of nitrogens with one attached hydrogen (secondary N) is 2. The molecule has 1 aliphatic rings. The van der Waals surface area contributed by atoms with E-state index in [4.69, 9.17) is 5.11 Å². The van der Waals surface area contributed by atoms with Crippen LogP contribution >= 0.6 is 0 Å². The van der Waals surface area contributed by atoms with Crippen LogP contribution in [0.4, 0.5) is 10.6 Å². The van der Waals surface area contributed by atoms with Crippen molar-refractivity contribution in [2.45, 2.75) is 46.2 Å². The number of hydrogen-bond donors (Lipinski definition) is 4. The van der Waals surface area contributed by atoms with Gasteiger partial charge in [-0.3, -0.25) is 19.5 Å². The van der Waals surface area contributed by atoms with E-state index in [1.165, 1.54) is 10.6 Å². The lowest BCUT2D eigenvalue weighted by Gasteiger charge is -2.21. The summed E-state index contributed by atoms with van der Waals surface area (Å²) in [5, 5.41) is 28.0. The van der Waals surface area contributed by atoms with Gasteiger partial charge in [-0.25, -0.2) is 4.79 Å². The second kappa shape index (κ2) is 6.04. The highest BCUT2D eigenvalue weighted by Crippen LogP contribution is 2.24. The van der Waals surface area contributed by atoms with Crippen molar-refractivity contribution in [3.8, 4) is 5.88 Å². The molecule has 2 heterocycles. The van der Waals surface area contributed by atoms with E-state index in [9.17, 15) is 19.5 Å². The van der Waals surface area contributed by atoms with Gasteiger partial charge in [-0.2, -0.15) is 4.52 Å². The van der Waals surface area contributed by atoms with E-state index >= 15 is 0 Å². The lowest BCUT2D eigenvalue weighted by molar-refractivity contribution is 0.0944. The first kappa shape index (κ1) is 17.8. The van der Waals surface area contributed by atoms with Crippen LogP contribution in [0.2, 0.25) is 0 Å². The number of aromatic nitrogens is 3. The van der Waals surface area contributed by atoms with E-state index < -0.39 is 29.0 Å². The fraction of sp³-hybridized carbons (Fsp3) is 0.500. The molecule has 0 aliphatic heterocycles. The third-order valence-electron chi connectivity index (χ3n) is 3.86. The largest absolute Gasteiger partial charge is 0.492 e. The number of fused-ring (bicyclic) bond motifs is 1. The molecule has 2 aromatic heterocycles. The Morgan fingerprint density at radius 3 is 2.54 bits per heavy atom. The van der Waals surface area contributed by atoms with E-state index in [1.807, 2.05) is 20.8 Å². The molecule has 10 heteroatoms. The van der Waals surface area contributed by atoms with Gasteiger partial charge in [0.25, 0.3) is 11.5 Å². The first-order chi connectivity index (χ1) is 12.1. The van der Waals surface area contributed by atoms with Gasteiger partial charge in [-0.15, -0.1) is 5.10 Å². The Bertz CT molecular complexity index is 949. The molecule has 140 valence electrons. The summed E-state index contributed by atoms with van der Waals surface area (Å²) >= 11 is 0. The quantitative estimate of drug-likeness (QED) is 0.644. The number of nitrogens with zero attached hydrogens (tertiary/aromatic N) is 3. The molecule has 1 fully saturated rings. The third-order valence-corrected chi connectivity index (χ3v) is 3.86. The lowest BCUT2D eigenvalue weighted by Crippen LogP contribution is -2.37. The smallest absolute Gasteiger partial charge is 0.410 e. The van der Waals surface area contributed by atoms with E-state index in [2.05, 4.69) is 15.7 Å². The van der Waals surface area contributed by atoms with Crippen LogP contribution < -0.4 is 16.2 Å². The highest BCUT2D eigenvalue weighted by atomic mass is 16.4. The molecular formula is C16H21N5O5. The topological polar surface area (TPSA) is 138 Å². The van der Waals surface area contributed by atoms with Crippen LogP contribution in [0.1, 0.15) is 44.0 Å². The number of anilines is 1. The standard InChI is InChI=1S/C16H21N5O5/c1-16(2,3)7-20-10-6-9(18-15(25)26)19-21(10)14(24)11(13(20)23)12(22)17-8-4-5-8/h6,8,24H,4-5,7H2,1-3H3,(H,17,22)(H,18,19)(H,25,26). The fourth-order valence-electron chi connectivity index (χ4n) is 2.64. The predicted molar refractivity (Wildman–Crippen MR) is 92.7 cm³/mol. The summed E-state index contributed by atoms with van der Waals surface area (Å²) in [6.07, 6.45) is 0.336. The van der Waals surface area contributed by atoms with Gasteiger partial charge < -0.3 is 15.5 Å². The molecule has 1 saturated carbocycles. The zero-order valence-corrected chi connectivity index (χ0v) is 14.7. The molecule has 3 rings (SSSR count). The molecule has 4 N–H and O–H groups in total. The molecule has 1 aliphatic carbocycles. The van der Waals surface area contributed by atoms with Gasteiger partial charge in [0, 0.05) is 18.7 Å². The SMILES string of the molecule is CC(C)(C)Cn1c(=O)c(C(=O)NC2CC2)c(O)n2nc(NC(=O)O)cc12. The summed E-state index contributed by atoms with van der Waals surface area (Å²) in [6.45, 7) is 6.00. The number of amides is 2. The summed E-state index contributed by atoms with van der Waals surface area (Å²) < 4.78 is 2.32. The molecule has 26 heavy (non-hydrogen) atoms. The van der Waals surface area contributed by atoms with Crippen LogP contribution in [-0.2, 0) is 6.54 Å².